The second-order valence-electron chi connectivity index (χ2n) is 9.49. The van der Waals surface area contributed by atoms with Crippen molar-refractivity contribution in [2.24, 2.45) is 5.41 Å². The van der Waals surface area contributed by atoms with Crippen LogP contribution in [0.15, 0.2) is 0 Å². The molecule has 0 saturated carbocycles. The largest absolute Gasteiger partial charge is 0.376 e. The number of thiol groups is 1. The summed E-state index contributed by atoms with van der Waals surface area (Å²) < 4.78 is 40.7. The molecule has 0 fully saturated rings. The van der Waals surface area contributed by atoms with E-state index in [9.17, 15) is 8.42 Å². The molecule has 7 heteroatoms. The lowest BCUT2D eigenvalue weighted by atomic mass is 9.85. The van der Waals surface area contributed by atoms with Gasteiger partial charge in [0.2, 0.25) is 0 Å². The molecule has 0 heterocycles. The summed E-state index contributed by atoms with van der Waals surface area (Å²) >= 11 is 0. The van der Waals surface area contributed by atoms with Gasteiger partial charge in [-0.05, 0) is 39.5 Å². The molecule has 0 aliphatic carbocycles. The van der Waals surface area contributed by atoms with E-state index < -0.39 is 21.1 Å². The van der Waals surface area contributed by atoms with Gasteiger partial charge in [0, 0.05) is 21.1 Å². The molecule has 0 saturated heterocycles. The van der Waals surface area contributed by atoms with Crippen molar-refractivity contribution < 1.29 is 22.4 Å². The smallest absolute Gasteiger partial charge is 0.144 e. The van der Waals surface area contributed by atoms with Gasteiger partial charge in [-0.15, -0.1) is 0 Å². The fourth-order valence-electron chi connectivity index (χ4n) is 2.75. The van der Waals surface area contributed by atoms with Crippen molar-refractivity contribution >= 4 is 19.5 Å². The van der Waals surface area contributed by atoms with E-state index in [4.69, 9.17) is 14.0 Å². The lowest BCUT2D eigenvalue weighted by molar-refractivity contribution is -0.111. The van der Waals surface area contributed by atoms with E-state index in [1.807, 2.05) is 62.3 Å². The Bertz CT molecular complexity index is 470. The third-order valence-electron chi connectivity index (χ3n) is 4.22. The molecule has 152 valence electrons. The first-order valence-corrected chi connectivity index (χ1v) is 10.9. The van der Waals surface area contributed by atoms with E-state index in [1.54, 1.807) is 7.11 Å². The second-order valence-corrected chi connectivity index (χ2v) is 12.4. The zero-order chi connectivity index (χ0) is 20.1. The van der Waals surface area contributed by atoms with E-state index in [-0.39, 0.29) is 25.4 Å². The van der Waals surface area contributed by atoms with Crippen LogP contribution in [0.2, 0.25) is 0 Å². The summed E-state index contributed by atoms with van der Waals surface area (Å²) in [5, 5.41) is -0.851. The molecule has 0 aliphatic rings. The van der Waals surface area contributed by atoms with Crippen LogP contribution in [-0.4, -0.2) is 50.3 Å². The van der Waals surface area contributed by atoms with Gasteiger partial charge in [0.1, 0.15) is 10.7 Å². The maximum Gasteiger partial charge on any atom is 0.144 e. The minimum atomic E-state index is -2.52. The Morgan fingerprint density at radius 1 is 0.920 bits per heavy atom. The summed E-state index contributed by atoms with van der Waals surface area (Å²) in [5.74, 6) is 0. The monoisotopic (exact) mass is 398 g/mol. The molecular formula is C18H39O5PS. The van der Waals surface area contributed by atoms with Gasteiger partial charge >= 0.3 is 0 Å². The summed E-state index contributed by atoms with van der Waals surface area (Å²) in [6, 6.07) is 0. The minimum absolute atomic E-state index is 0.119. The van der Waals surface area contributed by atoms with E-state index in [0.29, 0.717) is 13.2 Å². The average Bonchev–Trinajstić information content (AvgIpc) is 2.39. The third kappa shape index (κ3) is 9.67. The highest BCUT2D eigenvalue weighted by molar-refractivity contribution is 7.73. The van der Waals surface area contributed by atoms with Crippen molar-refractivity contribution in [1.82, 2.24) is 0 Å². The van der Waals surface area contributed by atoms with E-state index in [1.165, 1.54) is 0 Å². The summed E-state index contributed by atoms with van der Waals surface area (Å²) in [5.41, 5.74) is -0.956. The summed E-state index contributed by atoms with van der Waals surface area (Å²) in [6.07, 6.45) is 0.736. The van der Waals surface area contributed by atoms with Gasteiger partial charge in [-0.1, -0.05) is 34.6 Å². The van der Waals surface area contributed by atoms with Crippen LogP contribution in [0.4, 0.5) is 0 Å². The molecule has 5 nitrogen and oxygen atoms in total. The summed E-state index contributed by atoms with van der Waals surface area (Å²) in [6.45, 7) is 18.9. The number of rotatable bonds is 11. The van der Waals surface area contributed by atoms with Gasteiger partial charge in [-0.2, -0.15) is 0 Å². The number of hydrogen-bond acceptors (Lipinski definition) is 5. The zero-order valence-electron chi connectivity index (χ0n) is 17.7. The zero-order valence-corrected chi connectivity index (χ0v) is 19.6. The predicted octanol–water partition coefficient (Wildman–Crippen LogP) is 4.01. The highest BCUT2D eigenvalue weighted by Crippen LogP contribution is 2.43. The SMILES string of the molecule is COC(C)(C)COC(C)(C)CCOPC(C)(C)C([SH](=O)=O)C(C)(C)C. The third-order valence-corrected chi connectivity index (χ3v) is 7.47. The highest BCUT2D eigenvalue weighted by Gasteiger charge is 2.41. The molecule has 0 radical (unpaired) electrons. The molecule has 0 rings (SSSR count). The number of hydrogen-bond donors (Lipinski definition) is 1. The summed E-state index contributed by atoms with van der Waals surface area (Å²) in [7, 11) is -0.721. The van der Waals surface area contributed by atoms with Gasteiger partial charge in [0.25, 0.3) is 0 Å². The predicted molar refractivity (Wildman–Crippen MR) is 108 cm³/mol. The molecule has 0 aromatic rings. The molecule has 0 spiro atoms. The molecule has 2 unspecified atom stereocenters. The minimum Gasteiger partial charge on any atom is -0.376 e. The van der Waals surface area contributed by atoms with Crippen LogP contribution in [-0.2, 0) is 24.7 Å². The highest BCUT2D eigenvalue weighted by atomic mass is 32.2. The lowest BCUT2D eigenvalue weighted by Gasteiger charge is -2.38. The van der Waals surface area contributed by atoms with Crippen LogP contribution < -0.4 is 0 Å². The molecule has 0 aromatic heterocycles. The number of ether oxygens (including phenoxy) is 2. The van der Waals surface area contributed by atoms with Crippen LogP contribution >= 0.6 is 8.81 Å². The fraction of sp³-hybridized carbons (Fsp3) is 1.00. The van der Waals surface area contributed by atoms with Gasteiger partial charge in [-0.25, -0.2) is 8.42 Å². The first-order chi connectivity index (χ1) is 11.0. The molecular weight excluding hydrogens is 359 g/mol. The van der Waals surface area contributed by atoms with Crippen LogP contribution in [0.3, 0.4) is 0 Å². The lowest BCUT2D eigenvalue weighted by Crippen LogP contribution is -2.43. The van der Waals surface area contributed by atoms with Crippen molar-refractivity contribution in [3.05, 3.63) is 0 Å². The van der Waals surface area contributed by atoms with Crippen molar-refractivity contribution in [2.45, 2.75) is 90.3 Å². The van der Waals surface area contributed by atoms with Crippen molar-refractivity contribution in [1.29, 1.82) is 0 Å². The van der Waals surface area contributed by atoms with Gasteiger partial charge in [-0.3, -0.25) is 0 Å². The van der Waals surface area contributed by atoms with Crippen LogP contribution in [0, 0.1) is 5.41 Å². The Morgan fingerprint density at radius 2 is 1.44 bits per heavy atom. The molecule has 0 bridgehead atoms. The number of methoxy groups -OCH3 is 1. The summed E-state index contributed by atoms with van der Waals surface area (Å²) in [4.78, 5) is 0. The maximum atomic E-state index is 11.7. The maximum absolute atomic E-state index is 11.7. The van der Waals surface area contributed by atoms with Gasteiger partial charge in [0.05, 0.1) is 29.7 Å². The first-order valence-electron chi connectivity index (χ1n) is 8.76. The van der Waals surface area contributed by atoms with E-state index in [2.05, 4.69) is 0 Å². The Balaban J connectivity index is 4.55. The molecule has 0 aliphatic heterocycles. The molecule has 0 aromatic carbocycles. The topological polar surface area (TPSA) is 61.8 Å². The Morgan fingerprint density at radius 3 is 1.84 bits per heavy atom. The van der Waals surface area contributed by atoms with E-state index >= 15 is 0 Å². The van der Waals surface area contributed by atoms with Crippen LogP contribution in [0.1, 0.15) is 68.7 Å². The Labute approximate surface area is 158 Å². The molecule has 25 heavy (non-hydrogen) atoms. The standard InChI is InChI=1S/C18H39O5PS/c1-15(2,3)14(25(19)20)18(8,9)24-23-12-11-16(4,5)22-13-17(6,7)21-10/h14,24-25H,11-13H2,1-10H3. The average molecular weight is 399 g/mol. The second kappa shape index (κ2) is 9.45. The normalized spacial score (nSPS) is 16.1. The van der Waals surface area contributed by atoms with Crippen LogP contribution in [0.5, 0.6) is 0 Å². The Kier molecular flexibility index (Phi) is 9.55. The Hall–Kier alpha value is 0.260. The van der Waals surface area contributed by atoms with Gasteiger partial charge in [0.15, 0.2) is 0 Å². The van der Waals surface area contributed by atoms with Crippen molar-refractivity contribution in [2.75, 3.05) is 20.3 Å². The molecule has 0 N–H and O–H groups in total. The van der Waals surface area contributed by atoms with Crippen molar-refractivity contribution in [3.63, 3.8) is 0 Å². The van der Waals surface area contributed by atoms with Gasteiger partial charge < -0.3 is 14.0 Å². The van der Waals surface area contributed by atoms with Crippen LogP contribution in [0.25, 0.3) is 0 Å². The van der Waals surface area contributed by atoms with Crippen molar-refractivity contribution in [3.8, 4) is 0 Å². The fourth-order valence-corrected chi connectivity index (χ4v) is 5.51. The first kappa shape index (κ1) is 25.3. The molecule has 0 amide bonds. The quantitative estimate of drug-likeness (QED) is 0.324. The molecule has 2 atom stereocenters. The van der Waals surface area contributed by atoms with E-state index in [0.717, 1.165) is 6.42 Å².